The zero-order chi connectivity index (χ0) is 16.8. The van der Waals surface area contributed by atoms with Crippen LogP contribution in [-0.2, 0) is 4.79 Å². The molecule has 1 aromatic carbocycles. The Balaban J connectivity index is 1.51. The molecule has 0 saturated heterocycles. The van der Waals surface area contributed by atoms with Gasteiger partial charge in [0.1, 0.15) is 0 Å². The van der Waals surface area contributed by atoms with Crippen LogP contribution in [0.3, 0.4) is 0 Å². The number of tetrazole rings is 1. The highest BCUT2D eigenvalue weighted by Gasteiger charge is 2.16. The summed E-state index contributed by atoms with van der Waals surface area (Å²) in [7, 11) is 0. The van der Waals surface area contributed by atoms with Crippen LogP contribution in [0.25, 0.3) is 5.69 Å². The maximum Gasteiger partial charge on any atom is 0.221 e. The van der Waals surface area contributed by atoms with Gasteiger partial charge in [0.2, 0.25) is 11.1 Å². The van der Waals surface area contributed by atoms with Crippen molar-refractivity contribution in [1.29, 1.82) is 0 Å². The second-order valence-electron chi connectivity index (χ2n) is 6.16. The first-order valence-electron chi connectivity index (χ1n) is 8.50. The summed E-state index contributed by atoms with van der Waals surface area (Å²) in [5.41, 5.74) is 2.08. The van der Waals surface area contributed by atoms with Gasteiger partial charge in [0, 0.05) is 18.2 Å². The number of aromatic nitrogens is 4. The molecule has 0 radical (unpaired) electrons. The van der Waals surface area contributed by atoms with E-state index in [1.54, 1.807) is 4.68 Å². The van der Waals surface area contributed by atoms with Crippen LogP contribution in [-0.4, -0.2) is 37.9 Å². The lowest BCUT2D eigenvalue weighted by molar-refractivity contribution is -0.121. The number of thioether (sulfide) groups is 1. The van der Waals surface area contributed by atoms with Crippen molar-refractivity contribution in [2.75, 3.05) is 5.75 Å². The Morgan fingerprint density at radius 2 is 2.08 bits per heavy atom. The average molecular weight is 345 g/mol. The van der Waals surface area contributed by atoms with Gasteiger partial charge in [0.25, 0.3) is 0 Å². The van der Waals surface area contributed by atoms with Crippen molar-refractivity contribution in [3.05, 3.63) is 29.8 Å². The summed E-state index contributed by atoms with van der Waals surface area (Å²) in [5, 5.41) is 15.8. The number of aryl methyl sites for hydroxylation is 1. The molecule has 1 N–H and O–H groups in total. The minimum Gasteiger partial charge on any atom is -0.353 e. The molecule has 24 heavy (non-hydrogen) atoms. The standard InChI is InChI=1S/C17H23N5OS/c1-13-7-5-6-10-15(13)22-17(19-20-21-22)24-12-11-16(23)18-14-8-3-2-4-9-14/h5-7,10,14H,2-4,8-9,11-12H2,1H3,(H,18,23). The van der Waals surface area contributed by atoms with Crippen molar-refractivity contribution >= 4 is 17.7 Å². The first-order valence-corrected chi connectivity index (χ1v) is 9.49. The van der Waals surface area contributed by atoms with Gasteiger partial charge < -0.3 is 5.32 Å². The van der Waals surface area contributed by atoms with E-state index in [2.05, 4.69) is 20.8 Å². The Morgan fingerprint density at radius 3 is 2.88 bits per heavy atom. The van der Waals surface area contributed by atoms with Crippen molar-refractivity contribution in [1.82, 2.24) is 25.5 Å². The zero-order valence-corrected chi connectivity index (χ0v) is 14.8. The molecule has 0 aliphatic heterocycles. The number of carbonyl (C=O) groups excluding carboxylic acids is 1. The number of nitrogens with zero attached hydrogens (tertiary/aromatic N) is 4. The van der Waals surface area contributed by atoms with Gasteiger partial charge in [-0.05, 0) is 41.8 Å². The molecule has 2 aromatic rings. The van der Waals surface area contributed by atoms with Gasteiger partial charge in [-0.15, -0.1) is 5.10 Å². The van der Waals surface area contributed by atoms with E-state index in [9.17, 15) is 4.79 Å². The van der Waals surface area contributed by atoms with Crippen LogP contribution >= 0.6 is 11.8 Å². The van der Waals surface area contributed by atoms with Crippen LogP contribution in [0.2, 0.25) is 0 Å². The van der Waals surface area contributed by atoms with Crippen LogP contribution in [0.5, 0.6) is 0 Å². The maximum atomic E-state index is 12.1. The molecule has 1 fully saturated rings. The SMILES string of the molecule is Cc1ccccc1-n1nnnc1SCCC(=O)NC1CCCCC1. The lowest BCUT2D eigenvalue weighted by Gasteiger charge is -2.22. The first-order chi connectivity index (χ1) is 11.7. The van der Waals surface area contributed by atoms with Crippen LogP contribution in [0.4, 0.5) is 0 Å². The number of nitrogens with one attached hydrogen (secondary N) is 1. The fraction of sp³-hybridized carbons (Fsp3) is 0.529. The van der Waals surface area contributed by atoms with Crippen LogP contribution in [0.1, 0.15) is 44.1 Å². The molecule has 128 valence electrons. The van der Waals surface area contributed by atoms with E-state index < -0.39 is 0 Å². The smallest absolute Gasteiger partial charge is 0.221 e. The second kappa shape index (κ2) is 8.28. The Kier molecular flexibility index (Phi) is 5.85. The number of hydrogen-bond acceptors (Lipinski definition) is 5. The number of rotatable bonds is 6. The molecule has 1 heterocycles. The van der Waals surface area contributed by atoms with Crippen molar-refractivity contribution in [2.24, 2.45) is 0 Å². The molecule has 7 heteroatoms. The minimum absolute atomic E-state index is 0.129. The predicted octanol–water partition coefficient (Wildman–Crippen LogP) is 2.90. The Hall–Kier alpha value is -1.89. The highest BCUT2D eigenvalue weighted by Crippen LogP contribution is 2.21. The topological polar surface area (TPSA) is 72.7 Å². The number of para-hydroxylation sites is 1. The van der Waals surface area contributed by atoms with Gasteiger partial charge in [0.05, 0.1) is 5.69 Å². The Bertz CT molecular complexity index is 681. The largest absolute Gasteiger partial charge is 0.353 e. The summed E-state index contributed by atoms with van der Waals surface area (Å²) >= 11 is 1.51. The van der Waals surface area contributed by atoms with Gasteiger partial charge in [-0.2, -0.15) is 4.68 Å². The molecule has 1 aliphatic carbocycles. The van der Waals surface area contributed by atoms with Crippen molar-refractivity contribution in [3.8, 4) is 5.69 Å². The van der Waals surface area contributed by atoms with E-state index in [-0.39, 0.29) is 5.91 Å². The van der Waals surface area contributed by atoms with Gasteiger partial charge in [-0.3, -0.25) is 4.79 Å². The van der Waals surface area contributed by atoms with Gasteiger partial charge in [-0.25, -0.2) is 0 Å². The van der Waals surface area contributed by atoms with Crippen molar-refractivity contribution < 1.29 is 4.79 Å². The molecule has 6 nitrogen and oxygen atoms in total. The third kappa shape index (κ3) is 4.35. The highest BCUT2D eigenvalue weighted by molar-refractivity contribution is 7.99. The molecule has 1 aromatic heterocycles. The van der Waals surface area contributed by atoms with Crippen molar-refractivity contribution in [2.45, 2.75) is 56.6 Å². The molecule has 1 saturated carbocycles. The van der Waals surface area contributed by atoms with E-state index in [1.165, 1.54) is 31.0 Å². The first kappa shape index (κ1) is 17.0. The summed E-state index contributed by atoms with van der Waals surface area (Å²) in [5.74, 6) is 0.800. The van der Waals surface area contributed by atoms with E-state index in [4.69, 9.17) is 0 Å². The van der Waals surface area contributed by atoms with Crippen molar-refractivity contribution in [3.63, 3.8) is 0 Å². The molecule has 0 spiro atoms. The zero-order valence-electron chi connectivity index (χ0n) is 13.9. The lowest BCUT2D eigenvalue weighted by atomic mass is 9.95. The Morgan fingerprint density at radius 1 is 1.29 bits per heavy atom. The third-order valence-electron chi connectivity index (χ3n) is 4.32. The van der Waals surface area contributed by atoms with Gasteiger partial charge >= 0.3 is 0 Å². The fourth-order valence-corrected chi connectivity index (χ4v) is 3.82. The van der Waals surface area contributed by atoms with E-state index in [0.29, 0.717) is 18.2 Å². The molecular weight excluding hydrogens is 322 g/mol. The molecule has 1 aliphatic rings. The quantitative estimate of drug-likeness (QED) is 0.815. The summed E-state index contributed by atoms with van der Waals surface area (Å²) in [6.07, 6.45) is 6.47. The summed E-state index contributed by atoms with van der Waals surface area (Å²) < 4.78 is 1.74. The Labute approximate surface area is 146 Å². The lowest BCUT2D eigenvalue weighted by Crippen LogP contribution is -2.36. The van der Waals surface area contributed by atoms with Crippen LogP contribution < -0.4 is 5.32 Å². The fourth-order valence-electron chi connectivity index (χ4n) is 3.00. The highest BCUT2D eigenvalue weighted by atomic mass is 32.2. The van der Waals surface area contributed by atoms with Crippen LogP contribution in [0.15, 0.2) is 29.4 Å². The summed E-state index contributed by atoms with van der Waals surface area (Å²) in [4.78, 5) is 12.1. The van der Waals surface area contributed by atoms with E-state index in [1.807, 2.05) is 31.2 Å². The molecule has 3 rings (SSSR count). The second-order valence-corrected chi connectivity index (χ2v) is 7.22. The van der Waals surface area contributed by atoms with Crippen LogP contribution in [0, 0.1) is 6.92 Å². The molecule has 0 bridgehead atoms. The predicted molar refractivity (Wildman–Crippen MR) is 94.2 cm³/mol. The van der Waals surface area contributed by atoms with Gasteiger partial charge in [0.15, 0.2) is 0 Å². The van der Waals surface area contributed by atoms with Gasteiger partial charge in [-0.1, -0.05) is 49.2 Å². The number of hydrogen-bond donors (Lipinski definition) is 1. The third-order valence-corrected chi connectivity index (χ3v) is 5.24. The average Bonchev–Trinajstić information content (AvgIpc) is 3.04. The maximum absolute atomic E-state index is 12.1. The molecular formula is C17H23N5OS. The molecule has 1 amide bonds. The summed E-state index contributed by atoms with van der Waals surface area (Å²) in [6.45, 7) is 2.03. The minimum atomic E-state index is 0.129. The van der Waals surface area contributed by atoms with E-state index in [0.717, 1.165) is 29.2 Å². The monoisotopic (exact) mass is 345 g/mol. The number of carbonyl (C=O) groups is 1. The summed E-state index contributed by atoms with van der Waals surface area (Å²) in [6, 6.07) is 8.35. The number of benzene rings is 1. The molecule has 0 atom stereocenters. The van der Waals surface area contributed by atoms with E-state index >= 15 is 0 Å². The normalized spacial score (nSPS) is 15.4. The number of amides is 1. The molecule has 0 unspecified atom stereocenters.